The standard InChI is InChI=1S/C23H22O5/c1-3-26-22(24)20(23(25)27-4-2)18-15-19(16-11-7-5-8-12-16)28-21(18)17-13-9-6-10-14-17/h5-15,20H,3-4H2,1-2H3. The molecule has 0 atom stereocenters. The predicted octanol–water partition coefficient (Wildman–Crippen LogP) is 4.82. The Kier molecular flexibility index (Phi) is 6.27. The van der Waals surface area contributed by atoms with E-state index in [9.17, 15) is 9.59 Å². The molecule has 28 heavy (non-hydrogen) atoms. The molecule has 0 saturated carbocycles. The monoisotopic (exact) mass is 378 g/mol. The number of esters is 2. The Morgan fingerprint density at radius 2 is 1.32 bits per heavy atom. The highest BCUT2D eigenvalue weighted by Crippen LogP contribution is 2.37. The van der Waals surface area contributed by atoms with E-state index in [1.807, 2.05) is 60.7 Å². The van der Waals surface area contributed by atoms with E-state index < -0.39 is 17.9 Å². The van der Waals surface area contributed by atoms with E-state index in [0.717, 1.165) is 11.1 Å². The van der Waals surface area contributed by atoms with Gasteiger partial charge < -0.3 is 13.9 Å². The third kappa shape index (κ3) is 4.14. The van der Waals surface area contributed by atoms with Crippen LogP contribution in [0.4, 0.5) is 0 Å². The van der Waals surface area contributed by atoms with Crippen LogP contribution in [0.1, 0.15) is 25.3 Å². The first-order valence-electron chi connectivity index (χ1n) is 9.23. The van der Waals surface area contributed by atoms with Crippen LogP contribution in [0.2, 0.25) is 0 Å². The summed E-state index contributed by atoms with van der Waals surface area (Å²) in [5.74, 6) is -1.51. The van der Waals surface area contributed by atoms with Crippen molar-refractivity contribution >= 4 is 11.9 Å². The van der Waals surface area contributed by atoms with E-state index in [1.165, 1.54) is 0 Å². The van der Waals surface area contributed by atoms with Crippen LogP contribution in [-0.2, 0) is 19.1 Å². The Hall–Kier alpha value is -3.34. The summed E-state index contributed by atoms with van der Waals surface area (Å²) in [7, 11) is 0. The van der Waals surface area contributed by atoms with E-state index in [2.05, 4.69) is 0 Å². The Bertz CT molecular complexity index is 910. The van der Waals surface area contributed by atoms with Gasteiger partial charge in [-0.15, -0.1) is 0 Å². The van der Waals surface area contributed by atoms with Crippen LogP contribution in [-0.4, -0.2) is 25.2 Å². The van der Waals surface area contributed by atoms with Gasteiger partial charge in [0.2, 0.25) is 0 Å². The Morgan fingerprint density at radius 1 is 0.821 bits per heavy atom. The Balaban J connectivity index is 2.16. The third-order valence-electron chi connectivity index (χ3n) is 4.21. The fraction of sp³-hybridized carbons (Fsp3) is 0.217. The number of carbonyl (C=O) groups excluding carboxylic acids is 2. The van der Waals surface area contributed by atoms with Crippen molar-refractivity contribution in [2.75, 3.05) is 13.2 Å². The van der Waals surface area contributed by atoms with Gasteiger partial charge in [-0.25, -0.2) is 0 Å². The van der Waals surface area contributed by atoms with Gasteiger partial charge in [0, 0.05) is 16.7 Å². The number of benzene rings is 2. The first-order chi connectivity index (χ1) is 13.7. The van der Waals surface area contributed by atoms with Gasteiger partial charge in [0.05, 0.1) is 13.2 Å². The maximum absolute atomic E-state index is 12.6. The zero-order chi connectivity index (χ0) is 19.9. The number of hydrogen-bond acceptors (Lipinski definition) is 5. The third-order valence-corrected chi connectivity index (χ3v) is 4.21. The zero-order valence-corrected chi connectivity index (χ0v) is 15.9. The van der Waals surface area contributed by atoms with Crippen molar-refractivity contribution in [3.63, 3.8) is 0 Å². The molecule has 0 unspecified atom stereocenters. The molecule has 0 aliphatic heterocycles. The summed E-state index contributed by atoms with van der Waals surface area (Å²) in [4.78, 5) is 25.2. The summed E-state index contributed by atoms with van der Waals surface area (Å²) in [5.41, 5.74) is 2.04. The highest BCUT2D eigenvalue weighted by atomic mass is 16.6. The predicted molar refractivity (Wildman–Crippen MR) is 106 cm³/mol. The molecular weight excluding hydrogens is 356 g/mol. The second kappa shape index (κ2) is 9.04. The lowest BCUT2D eigenvalue weighted by Crippen LogP contribution is -2.26. The molecule has 5 heteroatoms. The summed E-state index contributed by atoms with van der Waals surface area (Å²) in [5, 5.41) is 0. The molecule has 0 spiro atoms. The van der Waals surface area contributed by atoms with E-state index in [-0.39, 0.29) is 13.2 Å². The van der Waals surface area contributed by atoms with Crippen LogP contribution in [0, 0.1) is 0 Å². The van der Waals surface area contributed by atoms with Gasteiger partial charge >= 0.3 is 11.9 Å². The second-order valence-corrected chi connectivity index (χ2v) is 6.06. The van der Waals surface area contributed by atoms with Crippen molar-refractivity contribution in [3.05, 3.63) is 72.3 Å². The molecule has 0 saturated heterocycles. The molecule has 1 heterocycles. The molecule has 3 aromatic rings. The fourth-order valence-corrected chi connectivity index (χ4v) is 2.98. The number of hydrogen-bond donors (Lipinski definition) is 0. The van der Waals surface area contributed by atoms with Gasteiger partial charge in [0.1, 0.15) is 11.5 Å². The van der Waals surface area contributed by atoms with Gasteiger partial charge in [-0.3, -0.25) is 9.59 Å². The summed E-state index contributed by atoms with van der Waals surface area (Å²) >= 11 is 0. The minimum Gasteiger partial charge on any atom is -0.465 e. The summed E-state index contributed by atoms with van der Waals surface area (Å²) in [6.45, 7) is 3.73. The SMILES string of the molecule is CCOC(=O)C(C(=O)OCC)c1cc(-c2ccccc2)oc1-c1ccccc1. The molecule has 2 aromatic carbocycles. The Morgan fingerprint density at radius 3 is 1.82 bits per heavy atom. The molecule has 0 N–H and O–H groups in total. The average Bonchev–Trinajstić information content (AvgIpc) is 3.15. The Labute approximate surface area is 163 Å². The maximum atomic E-state index is 12.6. The minimum absolute atomic E-state index is 0.165. The first-order valence-corrected chi connectivity index (χ1v) is 9.23. The summed E-state index contributed by atoms with van der Waals surface area (Å²) < 4.78 is 16.4. The number of furan rings is 1. The van der Waals surface area contributed by atoms with Crippen molar-refractivity contribution in [2.24, 2.45) is 0 Å². The van der Waals surface area contributed by atoms with E-state index >= 15 is 0 Å². The van der Waals surface area contributed by atoms with Crippen molar-refractivity contribution in [2.45, 2.75) is 19.8 Å². The zero-order valence-electron chi connectivity index (χ0n) is 15.9. The molecular formula is C23H22O5. The van der Waals surface area contributed by atoms with E-state index in [4.69, 9.17) is 13.9 Å². The van der Waals surface area contributed by atoms with Gasteiger partial charge in [-0.1, -0.05) is 60.7 Å². The molecule has 5 nitrogen and oxygen atoms in total. The molecule has 3 rings (SSSR count). The highest BCUT2D eigenvalue weighted by molar-refractivity contribution is 6.02. The number of carbonyl (C=O) groups is 2. The van der Waals surface area contributed by atoms with Gasteiger partial charge in [0.15, 0.2) is 5.92 Å². The number of ether oxygens (including phenoxy) is 2. The second-order valence-electron chi connectivity index (χ2n) is 6.06. The fourth-order valence-electron chi connectivity index (χ4n) is 2.98. The minimum atomic E-state index is -1.21. The molecule has 0 amide bonds. The maximum Gasteiger partial charge on any atom is 0.325 e. The van der Waals surface area contributed by atoms with E-state index in [1.54, 1.807) is 19.9 Å². The van der Waals surface area contributed by atoms with Crippen LogP contribution in [0.25, 0.3) is 22.6 Å². The van der Waals surface area contributed by atoms with Crippen molar-refractivity contribution in [1.82, 2.24) is 0 Å². The lowest BCUT2D eigenvalue weighted by atomic mass is 9.96. The van der Waals surface area contributed by atoms with Crippen LogP contribution >= 0.6 is 0 Å². The van der Waals surface area contributed by atoms with Crippen LogP contribution in [0.5, 0.6) is 0 Å². The topological polar surface area (TPSA) is 65.7 Å². The van der Waals surface area contributed by atoms with Crippen LogP contribution in [0.3, 0.4) is 0 Å². The number of rotatable bonds is 7. The average molecular weight is 378 g/mol. The van der Waals surface area contributed by atoms with Gasteiger partial charge in [0.25, 0.3) is 0 Å². The lowest BCUT2D eigenvalue weighted by molar-refractivity contribution is -0.156. The van der Waals surface area contributed by atoms with Crippen LogP contribution in [0.15, 0.2) is 71.1 Å². The van der Waals surface area contributed by atoms with Gasteiger partial charge in [-0.05, 0) is 19.9 Å². The van der Waals surface area contributed by atoms with Crippen molar-refractivity contribution in [3.8, 4) is 22.6 Å². The summed E-state index contributed by atoms with van der Waals surface area (Å²) in [6, 6.07) is 20.6. The van der Waals surface area contributed by atoms with Crippen molar-refractivity contribution in [1.29, 1.82) is 0 Å². The smallest absolute Gasteiger partial charge is 0.325 e. The molecule has 144 valence electrons. The quantitative estimate of drug-likeness (QED) is 0.435. The molecule has 0 aliphatic rings. The molecule has 0 bridgehead atoms. The van der Waals surface area contributed by atoms with Crippen molar-refractivity contribution < 1.29 is 23.5 Å². The van der Waals surface area contributed by atoms with Crippen LogP contribution < -0.4 is 0 Å². The molecule has 1 aromatic heterocycles. The largest absolute Gasteiger partial charge is 0.465 e. The lowest BCUT2D eigenvalue weighted by Gasteiger charge is -2.14. The summed E-state index contributed by atoms with van der Waals surface area (Å²) in [6.07, 6.45) is 0. The molecule has 0 aliphatic carbocycles. The molecule has 0 radical (unpaired) electrons. The van der Waals surface area contributed by atoms with Gasteiger partial charge in [-0.2, -0.15) is 0 Å². The first kappa shape index (κ1) is 19.4. The normalized spacial score (nSPS) is 10.7. The van der Waals surface area contributed by atoms with E-state index in [0.29, 0.717) is 17.1 Å². The molecule has 0 fully saturated rings. The highest BCUT2D eigenvalue weighted by Gasteiger charge is 2.36.